The molecule has 142 valence electrons. The van der Waals surface area contributed by atoms with Gasteiger partial charge < -0.3 is 19.6 Å². The smallest absolute Gasteiger partial charge is 0.448 e. The average molecular weight is 362 g/mol. The number of ether oxygens (including phenoxy) is 2. The summed E-state index contributed by atoms with van der Waals surface area (Å²) in [7, 11) is 0. The molecule has 0 aliphatic heterocycles. The molecule has 0 saturated heterocycles. The van der Waals surface area contributed by atoms with Crippen molar-refractivity contribution >= 4 is 12.1 Å². The lowest BCUT2D eigenvalue weighted by atomic mass is 9.82. The first-order valence-electron chi connectivity index (χ1n) is 8.29. The number of aromatic nitrogens is 1. The minimum atomic E-state index is -1.08. The summed E-state index contributed by atoms with van der Waals surface area (Å²) in [5, 5.41) is 0. The molecule has 26 heavy (non-hydrogen) atoms. The fourth-order valence-electron chi connectivity index (χ4n) is 2.15. The topological polar surface area (TPSA) is 105 Å². The van der Waals surface area contributed by atoms with Gasteiger partial charge in [0.25, 0.3) is 0 Å². The van der Waals surface area contributed by atoms with E-state index in [2.05, 4.69) is 4.98 Å². The molecule has 1 rings (SSSR count). The Morgan fingerprint density at radius 3 is 2.65 bits per heavy atom. The normalized spacial score (nSPS) is 13.9. The van der Waals surface area contributed by atoms with E-state index in [1.165, 1.54) is 6.39 Å². The van der Waals surface area contributed by atoms with Crippen LogP contribution in [0.1, 0.15) is 33.5 Å². The molecule has 7 heteroatoms. The Labute approximate surface area is 153 Å². The predicted octanol–water partition coefficient (Wildman–Crippen LogP) is 3.33. The maximum absolute atomic E-state index is 11.8. The molecule has 1 heterocycles. The van der Waals surface area contributed by atoms with Crippen molar-refractivity contribution in [2.24, 2.45) is 11.1 Å². The molecule has 1 amide bonds. The Bertz CT molecular complexity index is 672. The minimum Gasteiger partial charge on any atom is -0.448 e. The van der Waals surface area contributed by atoms with Crippen LogP contribution in [-0.4, -0.2) is 29.8 Å². The zero-order chi connectivity index (χ0) is 19.6. The van der Waals surface area contributed by atoms with E-state index >= 15 is 0 Å². The number of allylic oxidation sites excluding steroid dienone is 5. The lowest BCUT2D eigenvalue weighted by molar-refractivity contribution is -0.131. The summed E-state index contributed by atoms with van der Waals surface area (Å²) >= 11 is 0. The average Bonchev–Trinajstić information content (AvgIpc) is 3.09. The van der Waals surface area contributed by atoms with Crippen molar-refractivity contribution in [3.8, 4) is 0 Å². The molecule has 2 N–H and O–H groups in total. The zero-order valence-corrected chi connectivity index (χ0v) is 15.6. The number of carbonyl (C=O) groups excluding carboxylic acids is 2. The molecule has 7 nitrogen and oxygen atoms in total. The third kappa shape index (κ3) is 6.58. The van der Waals surface area contributed by atoms with E-state index in [9.17, 15) is 9.59 Å². The second-order valence-electron chi connectivity index (χ2n) is 6.16. The first-order valence-corrected chi connectivity index (χ1v) is 8.29. The quantitative estimate of drug-likeness (QED) is 0.534. The molecular formula is C19H26N2O5. The van der Waals surface area contributed by atoms with E-state index in [0.717, 1.165) is 5.76 Å². The lowest BCUT2D eigenvalue weighted by Gasteiger charge is -2.31. The van der Waals surface area contributed by atoms with E-state index in [-0.39, 0.29) is 6.61 Å². The minimum absolute atomic E-state index is 0.182. The van der Waals surface area contributed by atoms with E-state index < -0.39 is 23.6 Å². The number of hydrogen-bond donors (Lipinski definition) is 1. The Kier molecular flexibility index (Phi) is 8.34. The lowest BCUT2D eigenvalue weighted by Crippen LogP contribution is -2.44. The van der Waals surface area contributed by atoms with Gasteiger partial charge in [-0.15, -0.1) is 0 Å². The first-order chi connectivity index (χ1) is 12.3. The summed E-state index contributed by atoms with van der Waals surface area (Å²) < 4.78 is 15.2. The van der Waals surface area contributed by atoms with Gasteiger partial charge in [0.2, 0.25) is 5.91 Å². The molecule has 1 atom stereocenters. The molecule has 0 aliphatic rings. The van der Waals surface area contributed by atoms with Crippen molar-refractivity contribution in [2.45, 2.75) is 40.2 Å². The number of nitrogens with two attached hydrogens (primary N) is 1. The van der Waals surface area contributed by atoms with Gasteiger partial charge >= 0.3 is 6.16 Å². The first kappa shape index (κ1) is 21.2. The van der Waals surface area contributed by atoms with Gasteiger partial charge in [-0.1, -0.05) is 30.4 Å². The Balaban J connectivity index is 2.78. The van der Waals surface area contributed by atoms with Gasteiger partial charge in [0.05, 0.1) is 18.2 Å². The maximum atomic E-state index is 11.8. The molecule has 0 aromatic carbocycles. The van der Waals surface area contributed by atoms with Gasteiger partial charge in [0.15, 0.2) is 6.39 Å². The summed E-state index contributed by atoms with van der Waals surface area (Å²) in [6, 6.07) is 0. The van der Waals surface area contributed by atoms with Gasteiger partial charge in [0.1, 0.15) is 11.9 Å². The van der Waals surface area contributed by atoms with Gasteiger partial charge in [-0.05, 0) is 33.3 Å². The highest BCUT2D eigenvalue weighted by atomic mass is 16.7. The van der Waals surface area contributed by atoms with Crippen molar-refractivity contribution in [2.75, 3.05) is 6.61 Å². The van der Waals surface area contributed by atoms with Gasteiger partial charge in [-0.3, -0.25) is 4.79 Å². The Morgan fingerprint density at radius 2 is 2.08 bits per heavy atom. The standard InChI is InChI=1S/C19H26N2O5/c1-5-24-18(23)26-16(19(3,4)17(20)22)14(2)10-8-6-7-9-11-15-12-21-13-25-15/h6-10,12-13,16H,5,11H2,1-4H3,(H2,20,22)/b8-6-,9-7+,14-10-/t16-/m1/s1. The molecule has 1 aromatic rings. The van der Waals surface area contributed by atoms with Crippen LogP contribution in [-0.2, 0) is 20.7 Å². The summed E-state index contributed by atoms with van der Waals surface area (Å²) in [6.45, 7) is 6.86. The highest BCUT2D eigenvalue weighted by Gasteiger charge is 2.39. The number of oxazole rings is 1. The SMILES string of the molecule is CCOC(=O)O[C@H](\C(C)=C/C=C\C=C\Cc1cnco1)C(C)(C)C(N)=O. The summed E-state index contributed by atoms with van der Waals surface area (Å²) in [5.74, 6) is 0.197. The largest absolute Gasteiger partial charge is 0.508 e. The molecule has 0 radical (unpaired) electrons. The van der Waals surface area contributed by atoms with Crippen LogP contribution < -0.4 is 5.73 Å². The molecule has 1 aromatic heterocycles. The van der Waals surface area contributed by atoms with Crippen molar-refractivity contribution < 1.29 is 23.5 Å². The van der Waals surface area contributed by atoms with E-state index in [4.69, 9.17) is 19.6 Å². The number of nitrogens with zero attached hydrogens (tertiary/aromatic N) is 1. The van der Waals surface area contributed by atoms with Crippen molar-refractivity contribution in [1.29, 1.82) is 0 Å². The Morgan fingerprint density at radius 1 is 1.35 bits per heavy atom. The fraction of sp³-hybridized carbons (Fsp3) is 0.421. The number of carbonyl (C=O) groups is 2. The highest BCUT2D eigenvalue weighted by molar-refractivity contribution is 5.81. The third-order valence-corrected chi connectivity index (χ3v) is 3.70. The molecular weight excluding hydrogens is 336 g/mol. The fourth-order valence-corrected chi connectivity index (χ4v) is 2.15. The van der Waals surface area contributed by atoms with Crippen molar-refractivity contribution in [3.05, 3.63) is 54.3 Å². The summed E-state index contributed by atoms with van der Waals surface area (Å²) in [5.41, 5.74) is 5.05. The highest BCUT2D eigenvalue weighted by Crippen LogP contribution is 2.29. The van der Waals surface area contributed by atoms with Crippen LogP contribution in [0.15, 0.2) is 53.0 Å². The van der Waals surface area contributed by atoms with Crippen molar-refractivity contribution in [3.63, 3.8) is 0 Å². The van der Waals surface area contributed by atoms with Crippen LogP contribution in [0.3, 0.4) is 0 Å². The van der Waals surface area contributed by atoms with Crippen LogP contribution >= 0.6 is 0 Å². The molecule has 0 fully saturated rings. The molecule has 0 bridgehead atoms. The third-order valence-electron chi connectivity index (χ3n) is 3.70. The number of primary amides is 1. The van der Waals surface area contributed by atoms with Gasteiger partial charge in [-0.25, -0.2) is 9.78 Å². The number of hydrogen-bond acceptors (Lipinski definition) is 6. The summed E-state index contributed by atoms with van der Waals surface area (Å²) in [6.07, 6.45) is 11.1. The second-order valence-corrected chi connectivity index (χ2v) is 6.16. The van der Waals surface area contributed by atoms with Crippen LogP contribution in [0, 0.1) is 5.41 Å². The zero-order valence-electron chi connectivity index (χ0n) is 15.6. The van der Waals surface area contributed by atoms with Crippen LogP contribution in [0.5, 0.6) is 0 Å². The van der Waals surface area contributed by atoms with Crippen LogP contribution in [0.2, 0.25) is 0 Å². The van der Waals surface area contributed by atoms with Gasteiger partial charge in [-0.2, -0.15) is 0 Å². The van der Waals surface area contributed by atoms with E-state index in [1.54, 1.807) is 46.0 Å². The second kappa shape index (κ2) is 10.2. The van der Waals surface area contributed by atoms with E-state index in [0.29, 0.717) is 12.0 Å². The van der Waals surface area contributed by atoms with Crippen molar-refractivity contribution in [1.82, 2.24) is 4.98 Å². The van der Waals surface area contributed by atoms with Gasteiger partial charge in [0, 0.05) is 6.42 Å². The number of rotatable bonds is 9. The maximum Gasteiger partial charge on any atom is 0.508 e. The Hall–Kier alpha value is -2.83. The molecule has 0 saturated carbocycles. The van der Waals surface area contributed by atoms with E-state index in [1.807, 2.05) is 18.2 Å². The predicted molar refractivity (Wildman–Crippen MR) is 97.1 cm³/mol. The number of amides is 1. The monoisotopic (exact) mass is 362 g/mol. The molecule has 0 aliphatic carbocycles. The van der Waals surface area contributed by atoms with Crippen LogP contribution in [0.4, 0.5) is 4.79 Å². The molecule has 0 unspecified atom stereocenters. The van der Waals surface area contributed by atoms with Crippen LogP contribution in [0.25, 0.3) is 0 Å². The molecule has 0 spiro atoms. The summed E-state index contributed by atoms with van der Waals surface area (Å²) in [4.78, 5) is 27.3.